The molecule has 0 aromatic heterocycles. The maximum Gasteiger partial charge on any atom is 0.192 e. The Hall–Kier alpha value is -1.12. The van der Waals surface area contributed by atoms with Gasteiger partial charge >= 0.3 is 0 Å². The van der Waals surface area contributed by atoms with Gasteiger partial charge in [0.2, 0.25) is 0 Å². The topological polar surface area (TPSA) is 32.7 Å². The number of rotatable bonds is 3. The Balaban J connectivity index is 1.65. The second-order valence-corrected chi connectivity index (χ2v) is 14.3. The van der Waals surface area contributed by atoms with Gasteiger partial charge in [-0.25, -0.2) is 0 Å². The van der Waals surface area contributed by atoms with Crippen LogP contribution in [0, 0.1) is 17.8 Å². The predicted molar refractivity (Wildman–Crippen MR) is 110 cm³/mol. The van der Waals surface area contributed by atoms with Crippen molar-refractivity contribution in [3.63, 3.8) is 0 Å². The minimum atomic E-state index is -1.73. The maximum atomic E-state index is 11.2. The molecule has 1 N–H and O–H groups in total. The van der Waals surface area contributed by atoms with Crippen LogP contribution in [0.4, 0.5) is 0 Å². The Labute approximate surface area is 159 Å². The third-order valence-corrected chi connectivity index (χ3v) is 11.1. The van der Waals surface area contributed by atoms with Crippen LogP contribution in [-0.2, 0) is 4.43 Å². The van der Waals surface area contributed by atoms with E-state index < -0.39 is 13.9 Å². The lowest BCUT2D eigenvalue weighted by molar-refractivity contribution is -0.105. The van der Waals surface area contributed by atoms with Crippen LogP contribution in [-0.4, -0.2) is 49.7 Å². The molecule has 4 heteroatoms. The fraction of sp³-hybridized carbons (Fsp3) is 0.636. The summed E-state index contributed by atoms with van der Waals surface area (Å²) < 4.78 is 6.46. The molecule has 3 saturated heterocycles. The summed E-state index contributed by atoms with van der Waals surface area (Å²) in [5, 5.41) is 11.4. The molecule has 142 valence electrons. The van der Waals surface area contributed by atoms with Gasteiger partial charge in [-0.05, 0) is 49.7 Å². The highest BCUT2D eigenvalue weighted by atomic mass is 28.4. The number of hydrogen-bond donors (Lipinski definition) is 1. The molecule has 1 unspecified atom stereocenters. The maximum absolute atomic E-state index is 11.2. The zero-order valence-electron chi connectivity index (χ0n) is 16.9. The summed E-state index contributed by atoms with van der Waals surface area (Å²) in [5.74, 6) is 6.62. The zero-order valence-corrected chi connectivity index (χ0v) is 17.9. The van der Waals surface area contributed by atoms with Gasteiger partial charge in [0.25, 0.3) is 0 Å². The standard InChI is InChI=1S/C22H33NO2Si/c1-21(2,3)26(4,5)25-16-20-15-19-12-14-23(20)17-22(19,24)13-11-18-9-7-6-8-10-18/h6-10,19-20,24H,12,14-17H2,1-5H3/t19-,20+,22+/m0/s1. The molecule has 3 aliphatic rings. The largest absolute Gasteiger partial charge is 0.415 e. The van der Waals surface area contributed by atoms with Crippen LogP contribution in [0.15, 0.2) is 30.3 Å². The fourth-order valence-electron chi connectivity index (χ4n) is 3.72. The summed E-state index contributed by atoms with van der Waals surface area (Å²) in [5.41, 5.74) is 0.0804. The van der Waals surface area contributed by atoms with Crippen molar-refractivity contribution in [3.05, 3.63) is 35.9 Å². The van der Waals surface area contributed by atoms with Gasteiger partial charge in [0.05, 0.1) is 0 Å². The van der Waals surface area contributed by atoms with E-state index in [4.69, 9.17) is 4.43 Å². The van der Waals surface area contributed by atoms with E-state index >= 15 is 0 Å². The molecule has 0 amide bonds. The number of aliphatic hydroxyl groups is 1. The first kappa shape index (κ1) is 19.6. The molecule has 26 heavy (non-hydrogen) atoms. The molecule has 1 aromatic rings. The first-order chi connectivity index (χ1) is 12.1. The molecule has 1 aromatic carbocycles. The molecule has 3 nitrogen and oxygen atoms in total. The number of nitrogens with zero attached hydrogens (tertiary/aromatic N) is 1. The smallest absolute Gasteiger partial charge is 0.192 e. The van der Waals surface area contributed by atoms with Gasteiger partial charge in [0, 0.05) is 30.7 Å². The lowest BCUT2D eigenvalue weighted by atomic mass is 9.73. The van der Waals surface area contributed by atoms with Crippen molar-refractivity contribution in [1.82, 2.24) is 4.90 Å². The van der Waals surface area contributed by atoms with E-state index in [1.807, 2.05) is 30.3 Å². The summed E-state index contributed by atoms with van der Waals surface area (Å²) in [6.45, 7) is 13.9. The second-order valence-electron chi connectivity index (χ2n) is 9.46. The Morgan fingerprint density at radius 2 is 1.96 bits per heavy atom. The summed E-state index contributed by atoms with van der Waals surface area (Å²) in [4.78, 5) is 2.40. The van der Waals surface area contributed by atoms with Crippen LogP contribution >= 0.6 is 0 Å². The van der Waals surface area contributed by atoms with E-state index in [1.165, 1.54) is 0 Å². The molecule has 4 rings (SSSR count). The van der Waals surface area contributed by atoms with Crippen molar-refractivity contribution in [2.45, 2.75) is 63.4 Å². The van der Waals surface area contributed by atoms with Crippen molar-refractivity contribution in [2.75, 3.05) is 19.7 Å². The number of piperidine rings is 3. The van der Waals surface area contributed by atoms with Crippen molar-refractivity contribution in [2.24, 2.45) is 5.92 Å². The Kier molecular flexibility index (Phi) is 5.38. The molecule has 2 bridgehead atoms. The first-order valence-corrected chi connectivity index (χ1v) is 12.7. The third kappa shape index (κ3) is 4.07. The molecule has 0 spiro atoms. The van der Waals surface area contributed by atoms with Crippen molar-refractivity contribution in [3.8, 4) is 11.8 Å². The number of hydrogen-bond acceptors (Lipinski definition) is 3. The molecule has 0 radical (unpaired) electrons. The van der Waals surface area contributed by atoms with Crippen LogP contribution < -0.4 is 0 Å². The predicted octanol–water partition coefficient (Wildman–Crippen LogP) is 3.89. The highest BCUT2D eigenvalue weighted by Gasteiger charge is 2.49. The van der Waals surface area contributed by atoms with E-state index in [9.17, 15) is 5.11 Å². The average Bonchev–Trinajstić information content (AvgIpc) is 2.59. The van der Waals surface area contributed by atoms with Gasteiger partial charge in [0.15, 0.2) is 8.32 Å². The van der Waals surface area contributed by atoms with Crippen molar-refractivity contribution in [1.29, 1.82) is 0 Å². The monoisotopic (exact) mass is 371 g/mol. The summed E-state index contributed by atoms with van der Waals surface area (Å²) in [6.07, 6.45) is 2.01. The lowest BCUT2D eigenvalue weighted by Gasteiger charge is -2.53. The summed E-state index contributed by atoms with van der Waals surface area (Å²) >= 11 is 0. The number of fused-ring (bicyclic) bond motifs is 3. The quantitative estimate of drug-likeness (QED) is 0.646. The Morgan fingerprint density at radius 1 is 1.27 bits per heavy atom. The fourth-order valence-corrected chi connectivity index (χ4v) is 4.76. The summed E-state index contributed by atoms with van der Waals surface area (Å²) in [7, 11) is -1.73. The Morgan fingerprint density at radius 3 is 2.54 bits per heavy atom. The molecular formula is C22H33NO2Si. The third-order valence-electron chi connectivity index (χ3n) is 6.60. The van der Waals surface area contributed by atoms with Crippen molar-refractivity contribution < 1.29 is 9.53 Å². The number of benzene rings is 1. The van der Waals surface area contributed by atoms with E-state index in [1.54, 1.807) is 0 Å². The molecular weight excluding hydrogens is 338 g/mol. The van der Waals surface area contributed by atoms with Crippen LogP contribution in [0.5, 0.6) is 0 Å². The normalized spacial score (nSPS) is 31.4. The van der Waals surface area contributed by atoms with E-state index in [0.29, 0.717) is 12.6 Å². The van der Waals surface area contributed by atoms with Crippen LogP contribution in [0.2, 0.25) is 18.1 Å². The van der Waals surface area contributed by atoms with E-state index in [0.717, 1.165) is 31.6 Å². The van der Waals surface area contributed by atoms with Crippen LogP contribution in [0.3, 0.4) is 0 Å². The SMILES string of the molecule is CC(C)(C)[Si](C)(C)OC[C@H]1C[C@@H]2CCN1C[C@]2(O)C#Cc1ccccc1. The van der Waals surface area contributed by atoms with Gasteiger partial charge < -0.3 is 9.53 Å². The molecule has 4 atom stereocenters. The van der Waals surface area contributed by atoms with Crippen molar-refractivity contribution >= 4 is 8.32 Å². The molecule has 3 aliphatic heterocycles. The molecule has 3 fully saturated rings. The van der Waals surface area contributed by atoms with Gasteiger partial charge in [0.1, 0.15) is 5.60 Å². The van der Waals surface area contributed by atoms with Gasteiger partial charge in [-0.1, -0.05) is 50.8 Å². The molecule has 3 heterocycles. The van der Waals surface area contributed by atoms with Gasteiger partial charge in [-0.2, -0.15) is 0 Å². The average molecular weight is 372 g/mol. The highest BCUT2D eigenvalue weighted by Crippen LogP contribution is 2.41. The van der Waals surface area contributed by atoms with E-state index in [2.05, 4.69) is 50.6 Å². The van der Waals surface area contributed by atoms with Gasteiger partial charge in [-0.15, -0.1) is 0 Å². The zero-order chi connectivity index (χ0) is 19.0. The van der Waals surface area contributed by atoms with Gasteiger partial charge in [-0.3, -0.25) is 4.90 Å². The van der Waals surface area contributed by atoms with Crippen LogP contribution in [0.25, 0.3) is 0 Å². The lowest BCUT2D eigenvalue weighted by Crippen LogP contribution is -2.63. The minimum absolute atomic E-state index is 0.234. The second kappa shape index (κ2) is 7.13. The van der Waals surface area contributed by atoms with Crippen LogP contribution in [0.1, 0.15) is 39.2 Å². The minimum Gasteiger partial charge on any atom is -0.415 e. The highest BCUT2D eigenvalue weighted by molar-refractivity contribution is 6.74. The van der Waals surface area contributed by atoms with E-state index in [-0.39, 0.29) is 11.0 Å². The summed E-state index contributed by atoms with van der Waals surface area (Å²) in [6, 6.07) is 10.4. The molecule has 0 aliphatic carbocycles. The Bertz CT molecular complexity index is 686. The molecule has 0 saturated carbocycles. The first-order valence-electron chi connectivity index (χ1n) is 9.79.